The Balaban J connectivity index is 2.04. The molecule has 1 fully saturated rings. The van der Waals surface area contributed by atoms with Gasteiger partial charge in [-0.05, 0) is 38.3 Å². The molecule has 0 heterocycles. The molecule has 0 saturated heterocycles. The van der Waals surface area contributed by atoms with E-state index in [9.17, 15) is 5.11 Å². The molecule has 0 aliphatic heterocycles. The minimum absolute atomic E-state index is 0.240. The molecule has 1 unspecified atom stereocenters. The van der Waals surface area contributed by atoms with E-state index in [-0.39, 0.29) is 6.04 Å². The van der Waals surface area contributed by atoms with Crippen molar-refractivity contribution in [1.82, 2.24) is 5.32 Å². The zero-order valence-electron chi connectivity index (χ0n) is 10.2. The summed E-state index contributed by atoms with van der Waals surface area (Å²) in [4.78, 5) is 0. The van der Waals surface area contributed by atoms with Gasteiger partial charge in [-0.3, -0.25) is 0 Å². The highest BCUT2D eigenvalue weighted by Crippen LogP contribution is 2.27. The predicted octanol–water partition coefficient (Wildman–Crippen LogP) is 3.29. The number of phenolic OH excluding ortho intramolecular Hbond substituents is 1. The Hall–Kier alpha value is -1.02. The smallest absolute Gasteiger partial charge is 0.120 e. The molecular formula is C14H21NO. The summed E-state index contributed by atoms with van der Waals surface area (Å²) in [5, 5.41) is 13.5. The molecule has 1 atom stereocenters. The lowest BCUT2D eigenvalue weighted by Gasteiger charge is -2.20. The second-order valence-electron chi connectivity index (χ2n) is 4.93. The van der Waals surface area contributed by atoms with Crippen LogP contribution in [0.3, 0.4) is 0 Å². The van der Waals surface area contributed by atoms with Crippen LogP contribution in [0.4, 0.5) is 0 Å². The van der Waals surface area contributed by atoms with Crippen LogP contribution >= 0.6 is 0 Å². The first-order chi connectivity index (χ1) is 7.66. The molecule has 0 bridgehead atoms. The Labute approximate surface area is 97.7 Å². The molecular weight excluding hydrogens is 198 g/mol. The topological polar surface area (TPSA) is 32.3 Å². The van der Waals surface area contributed by atoms with Crippen molar-refractivity contribution in [2.45, 2.75) is 51.6 Å². The summed E-state index contributed by atoms with van der Waals surface area (Å²) in [7, 11) is 0. The summed E-state index contributed by atoms with van der Waals surface area (Å²) in [6.45, 7) is 4.13. The van der Waals surface area contributed by atoms with Crippen molar-refractivity contribution in [2.75, 3.05) is 0 Å². The summed E-state index contributed by atoms with van der Waals surface area (Å²) >= 11 is 0. The molecule has 2 nitrogen and oxygen atoms in total. The van der Waals surface area contributed by atoms with Crippen molar-refractivity contribution < 1.29 is 5.11 Å². The van der Waals surface area contributed by atoms with Crippen molar-refractivity contribution in [3.63, 3.8) is 0 Å². The lowest BCUT2D eigenvalue weighted by Crippen LogP contribution is -2.28. The maximum Gasteiger partial charge on any atom is 0.120 e. The number of hydrogen-bond donors (Lipinski definition) is 2. The van der Waals surface area contributed by atoms with Crippen molar-refractivity contribution >= 4 is 0 Å². The monoisotopic (exact) mass is 219 g/mol. The van der Waals surface area contributed by atoms with E-state index < -0.39 is 0 Å². The Kier molecular flexibility index (Phi) is 3.49. The Bertz CT molecular complexity index is 356. The van der Waals surface area contributed by atoms with Crippen molar-refractivity contribution in [3.8, 4) is 5.75 Å². The van der Waals surface area contributed by atoms with Crippen LogP contribution in [0.5, 0.6) is 5.75 Å². The fourth-order valence-corrected chi connectivity index (χ4v) is 2.56. The number of nitrogens with one attached hydrogen (secondary N) is 1. The first kappa shape index (κ1) is 11.5. The van der Waals surface area contributed by atoms with E-state index in [1.165, 1.54) is 25.7 Å². The third kappa shape index (κ3) is 2.56. The van der Waals surface area contributed by atoms with Gasteiger partial charge in [-0.2, -0.15) is 0 Å². The number of hydrogen-bond acceptors (Lipinski definition) is 2. The van der Waals surface area contributed by atoms with Gasteiger partial charge in [0.05, 0.1) is 0 Å². The second kappa shape index (κ2) is 4.88. The zero-order valence-corrected chi connectivity index (χ0v) is 10.2. The van der Waals surface area contributed by atoms with Crippen LogP contribution in [0.1, 0.15) is 49.8 Å². The molecule has 1 aromatic rings. The maximum absolute atomic E-state index is 9.90. The predicted molar refractivity (Wildman–Crippen MR) is 66.7 cm³/mol. The van der Waals surface area contributed by atoms with E-state index >= 15 is 0 Å². The molecule has 0 amide bonds. The van der Waals surface area contributed by atoms with Crippen LogP contribution in [-0.4, -0.2) is 11.1 Å². The van der Waals surface area contributed by atoms with Gasteiger partial charge in [0.15, 0.2) is 0 Å². The molecule has 88 valence electrons. The highest BCUT2D eigenvalue weighted by Gasteiger charge is 2.18. The van der Waals surface area contributed by atoms with Gasteiger partial charge < -0.3 is 10.4 Å². The van der Waals surface area contributed by atoms with E-state index in [2.05, 4.69) is 18.3 Å². The van der Waals surface area contributed by atoms with Gasteiger partial charge in [0.1, 0.15) is 5.75 Å². The van der Waals surface area contributed by atoms with E-state index in [0.717, 1.165) is 11.1 Å². The minimum atomic E-state index is 0.240. The third-order valence-corrected chi connectivity index (χ3v) is 3.49. The van der Waals surface area contributed by atoms with Crippen LogP contribution in [0.15, 0.2) is 18.2 Å². The van der Waals surface area contributed by atoms with Crippen molar-refractivity contribution in [2.24, 2.45) is 0 Å². The Morgan fingerprint density at radius 3 is 2.62 bits per heavy atom. The fraction of sp³-hybridized carbons (Fsp3) is 0.571. The highest BCUT2D eigenvalue weighted by atomic mass is 16.3. The first-order valence-electron chi connectivity index (χ1n) is 6.22. The molecule has 2 heteroatoms. The van der Waals surface area contributed by atoms with Crippen LogP contribution in [-0.2, 0) is 0 Å². The normalized spacial score (nSPS) is 18.9. The van der Waals surface area contributed by atoms with Crippen molar-refractivity contribution in [3.05, 3.63) is 29.3 Å². The summed E-state index contributed by atoms with van der Waals surface area (Å²) in [6.07, 6.45) is 5.22. The van der Waals surface area contributed by atoms with Gasteiger partial charge in [-0.1, -0.05) is 25.0 Å². The van der Waals surface area contributed by atoms with Crippen LogP contribution in [0, 0.1) is 6.92 Å². The van der Waals surface area contributed by atoms with Gasteiger partial charge in [0.2, 0.25) is 0 Å². The quantitative estimate of drug-likeness (QED) is 0.817. The first-order valence-corrected chi connectivity index (χ1v) is 6.22. The Morgan fingerprint density at radius 2 is 2.00 bits per heavy atom. The zero-order chi connectivity index (χ0) is 11.5. The van der Waals surface area contributed by atoms with E-state index in [4.69, 9.17) is 0 Å². The average Bonchev–Trinajstić information content (AvgIpc) is 2.70. The minimum Gasteiger partial charge on any atom is -0.508 e. The third-order valence-electron chi connectivity index (χ3n) is 3.49. The summed E-state index contributed by atoms with van der Waals surface area (Å²) in [6, 6.07) is 6.79. The fourth-order valence-electron chi connectivity index (χ4n) is 2.56. The summed E-state index contributed by atoms with van der Waals surface area (Å²) < 4.78 is 0. The number of aryl methyl sites for hydroxylation is 1. The summed E-state index contributed by atoms with van der Waals surface area (Å²) in [5.41, 5.74) is 2.12. The van der Waals surface area contributed by atoms with Gasteiger partial charge in [0, 0.05) is 17.6 Å². The van der Waals surface area contributed by atoms with Crippen LogP contribution in [0.25, 0.3) is 0 Å². The summed E-state index contributed by atoms with van der Waals surface area (Å²) in [5.74, 6) is 0.415. The molecule has 0 aromatic heterocycles. The van der Waals surface area contributed by atoms with Crippen molar-refractivity contribution in [1.29, 1.82) is 0 Å². The molecule has 1 aliphatic rings. The Morgan fingerprint density at radius 1 is 1.31 bits per heavy atom. The standard InChI is InChI=1S/C14H21NO/c1-10-7-8-13(14(16)9-10)11(2)15-12-5-3-4-6-12/h7-9,11-12,15-16H,3-6H2,1-2H3. The number of phenols is 1. The van der Waals surface area contributed by atoms with E-state index in [1.807, 2.05) is 19.1 Å². The number of benzene rings is 1. The second-order valence-corrected chi connectivity index (χ2v) is 4.93. The molecule has 1 saturated carbocycles. The lowest BCUT2D eigenvalue weighted by molar-refractivity contribution is 0.426. The highest BCUT2D eigenvalue weighted by molar-refractivity contribution is 5.37. The van der Waals surface area contributed by atoms with Crippen LogP contribution in [0.2, 0.25) is 0 Å². The molecule has 2 rings (SSSR count). The van der Waals surface area contributed by atoms with E-state index in [0.29, 0.717) is 11.8 Å². The molecule has 0 spiro atoms. The molecule has 1 aromatic carbocycles. The van der Waals surface area contributed by atoms with E-state index in [1.54, 1.807) is 0 Å². The average molecular weight is 219 g/mol. The largest absolute Gasteiger partial charge is 0.508 e. The van der Waals surface area contributed by atoms with Crippen LogP contribution < -0.4 is 5.32 Å². The van der Waals surface area contributed by atoms with Gasteiger partial charge in [-0.25, -0.2) is 0 Å². The SMILES string of the molecule is Cc1ccc(C(C)NC2CCCC2)c(O)c1. The lowest BCUT2D eigenvalue weighted by atomic mass is 10.0. The van der Waals surface area contributed by atoms with Gasteiger partial charge in [-0.15, -0.1) is 0 Å². The maximum atomic E-state index is 9.90. The molecule has 2 N–H and O–H groups in total. The molecule has 1 aliphatic carbocycles. The molecule has 0 radical (unpaired) electrons. The van der Waals surface area contributed by atoms with Gasteiger partial charge >= 0.3 is 0 Å². The number of rotatable bonds is 3. The molecule has 16 heavy (non-hydrogen) atoms. The van der Waals surface area contributed by atoms with Gasteiger partial charge in [0.25, 0.3) is 0 Å². The number of aromatic hydroxyl groups is 1.